The number of hydrogen-bond donors (Lipinski definition) is 1. The standard InChI is InChI=1S/C19H21NO3S/c1-13(24(2)22)9-10-20-19(21)12-15-11-17-16-6-4-3-5-14(16)7-8-18(17)23-15/h3-8,11,13H,9-10,12H2,1-2H3,(H,20,21)/t13-,24-/m1/s1. The van der Waals surface area contributed by atoms with Crippen molar-refractivity contribution >= 4 is 38.4 Å². The van der Waals surface area contributed by atoms with Crippen LogP contribution in [-0.4, -0.2) is 28.2 Å². The molecule has 126 valence electrons. The topological polar surface area (TPSA) is 59.3 Å². The predicted molar refractivity (Wildman–Crippen MR) is 98.6 cm³/mol. The highest BCUT2D eigenvalue weighted by Crippen LogP contribution is 2.28. The van der Waals surface area contributed by atoms with Crippen molar-refractivity contribution in [2.45, 2.75) is 25.0 Å². The number of furan rings is 1. The molecule has 1 amide bonds. The Balaban J connectivity index is 1.68. The number of fused-ring (bicyclic) bond motifs is 3. The number of hydrogen-bond acceptors (Lipinski definition) is 3. The summed E-state index contributed by atoms with van der Waals surface area (Å²) in [7, 11) is -0.857. The third-order valence-electron chi connectivity index (χ3n) is 4.25. The van der Waals surface area contributed by atoms with Gasteiger partial charge in [0.05, 0.1) is 6.42 Å². The van der Waals surface area contributed by atoms with Crippen molar-refractivity contribution in [2.75, 3.05) is 12.8 Å². The van der Waals surface area contributed by atoms with Crippen LogP contribution in [0.25, 0.3) is 21.7 Å². The van der Waals surface area contributed by atoms with Crippen molar-refractivity contribution in [3.8, 4) is 0 Å². The Bertz CT molecular complexity index is 900. The second kappa shape index (κ2) is 7.18. The van der Waals surface area contributed by atoms with Gasteiger partial charge in [0, 0.05) is 34.2 Å². The first kappa shape index (κ1) is 16.7. The lowest BCUT2D eigenvalue weighted by Gasteiger charge is -2.08. The van der Waals surface area contributed by atoms with Crippen LogP contribution in [0.1, 0.15) is 19.1 Å². The van der Waals surface area contributed by atoms with E-state index in [9.17, 15) is 9.00 Å². The minimum atomic E-state index is -0.857. The molecule has 2 atom stereocenters. The van der Waals surface area contributed by atoms with Crippen LogP contribution in [0.5, 0.6) is 0 Å². The van der Waals surface area contributed by atoms with Crippen molar-refractivity contribution < 1.29 is 13.4 Å². The van der Waals surface area contributed by atoms with E-state index >= 15 is 0 Å². The zero-order chi connectivity index (χ0) is 17.1. The molecule has 1 heterocycles. The van der Waals surface area contributed by atoms with Gasteiger partial charge < -0.3 is 9.73 Å². The molecule has 3 rings (SSSR count). The maximum atomic E-state index is 12.1. The third kappa shape index (κ3) is 3.67. The molecule has 2 aromatic carbocycles. The van der Waals surface area contributed by atoms with Gasteiger partial charge in [0.15, 0.2) is 0 Å². The Kier molecular flexibility index (Phi) is 5.00. The fraction of sp³-hybridized carbons (Fsp3) is 0.316. The first-order valence-corrected chi connectivity index (χ1v) is 9.66. The molecule has 0 radical (unpaired) electrons. The van der Waals surface area contributed by atoms with E-state index in [0.29, 0.717) is 18.7 Å². The van der Waals surface area contributed by atoms with Gasteiger partial charge in [0.2, 0.25) is 5.91 Å². The molecule has 0 aliphatic heterocycles. The summed E-state index contributed by atoms with van der Waals surface area (Å²) in [6.45, 7) is 2.45. The summed E-state index contributed by atoms with van der Waals surface area (Å²) in [4.78, 5) is 12.1. The summed E-state index contributed by atoms with van der Waals surface area (Å²) in [5.41, 5.74) is 0.798. The predicted octanol–water partition coefficient (Wildman–Crippen LogP) is 3.40. The van der Waals surface area contributed by atoms with Gasteiger partial charge >= 0.3 is 0 Å². The Hall–Kier alpha value is -2.14. The quantitative estimate of drug-likeness (QED) is 0.746. The van der Waals surface area contributed by atoms with E-state index in [1.807, 2.05) is 37.3 Å². The van der Waals surface area contributed by atoms with Crippen molar-refractivity contribution in [3.63, 3.8) is 0 Å². The maximum absolute atomic E-state index is 12.1. The SMILES string of the molecule is C[C@H](CCNC(=O)Cc1cc2c(ccc3ccccc32)o1)[S@@](C)=O. The van der Waals surface area contributed by atoms with Crippen LogP contribution in [-0.2, 0) is 22.0 Å². The van der Waals surface area contributed by atoms with E-state index in [1.54, 1.807) is 6.26 Å². The average molecular weight is 343 g/mol. The first-order valence-electron chi connectivity index (χ1n) is 8.03. The zero-order valence-corrected chi connectivity index (χ0v) is 14.7. The number of nitrogens with one attached hydrogen (secondary N) is 1. The summed E-state index contributed by atoms with van der Waals surface area (Å²) in [5.74, 6) is 0.582. The summed E-state index contributed by atoms with van der Waals surface area (Å²) < 4.78 is 17.1. The molecule has 0 aliphatic carbocycles. The molecule has 0 spiro atoms. The van der Waals surface area contributed by atoms with Gasteiger partial charge in [-0.15, -0.1) is 0 Å². The van der Waals surface area contributed by atoms with Crippen molar-refractivity contribution in [3.05, 3.63) is 48.2 Å². The largest absolute Gasteiger partial charge is 0.461 e. The van der Waals surface area contributed by atoms with Crippen molar-refractivity contribution in [1.29, 1.82) is 0 Å². The minimum absolute atomic E-state index is 0.0764. The molecular formula is C19H21NO3S. The monoisotopic (exact) mass is 343 g/mol. The van der Waals surface area contributed by atoms with Crippen LogP contribution in [0.4, 0.5) is 0 Å². The molecule has 24 heavy (non-hydrogen) atoms. The van der Waals surface area contributed by atoms with Crippen molar-refractivity contribution in [1.82, 2.24) is 5.32 Å². The Labute approximate surface area is 143 Å². The number of carbonyl (C=O) groups excluding carboxylic acids is 1. The van der Waals surface area contributed by atoms with Crippen LogP contribution >= 0.6 is 0 Å². The molecule has 1 N–H and O–H groups in total. The molecule has 4 nitrogen and oxygen atoms in total. The second-order valence-electron chi connectivity index (χ2n) is 6.04. The van der Waals surface area contributed by atoms with E-state index in [-0.39, 0.29) is 17.6 Å². The van der Waals surface area contributed by atoms with Crippen LogP contribution < -0.4 is 5.32 Å². The molecule has 1 aromatic heterocycles. The highest BCUT2D eigenvalue weighted by molar-refractivity contribution is 7.84. The smallest absolute Gasteiger partial charge is 0.227 e. The van der Waals surface area contributed by atoms with Gasteiger partial charge in [-0.25, -0.2) is 0 Å². The highest BCUT2D eigenvalue weighted by atomic mass is 32.2. The maximum Gasteiger partial charge on any atom is 0.227 e. The highest BCUT2D eigenvalue weighted by Gasteiger charge is 2.12. The molecular weight excluding hydrogens is 322 g/mol. The summed E-state index contributed by atoms with van der Waals surface area (Å²) in [6.07, 6.45) is 2.61. The van der Waals surface area contributed by atoms with Gasteiger partial charge in [0.1, 0.15) is 11.3 Å². The molecule has 0 saturated heterocycles. The summed E-state index contributed by atoms with van der Waals surface area (Å²) >= 11 is 0. The molecule has 0 saturated carbocycles. The van der Waals surface area contributed by atoms with Gasteiger partial charge in [0.25, 0.3) is 0 Å². The fourth-order valence-corrected chi connectivity index (χ4v) is 3.18. The van der Waals surface area contributed by atoms with Crippen molar-refractivity contribution in [2.24, 2.45) is 0 Å². The average Bonchev–Trinajstić information content (AvgIpc) is 2.97. The molecule has 0 unspecified atom stereocenters. The van der Waals surface area contributed by atoms with Gasteiger partial charge in [-0.3, -0.25) is 9.00 Å². The fourth-order valence-electron chi connectivity index (χ4n) is 2.73. The Morgan fingerprint density at radius 1 is 1.21 bits per heavy atom. The number of carbonyl (C=O) groups is 1. The Morgan fingerprint density at radius 2 is 2.00 bits per heavy atom. The molecule has 3 aromatic rings. The number of benzene rings is 2. The molecule has 0 bridgehead atoms. The van der Waals surface area contributed by atoms with Crippen LogP contribution in [0.15, 0.2) is 46.9 Å². The van der Waals surface area contributed by atoms with Gasteiger partial charge in [-0.2, -0.15) is 0 Å². The van der Waals surface area contributed by atoms with E-state index in [2.05, 4.69) is 17.4 Å². The molecule has 0 aliphatic rings. The normalized spacial score (nSPS) is 13.9. The first-order chi connectivity index (χ1) is 11.5. The van der Waals surface area contributed by atoms with Crippen LogP contribution in [0.2, 0.25) is 0 Å². The minimum Gasteiger partial charge on any atom is -0.461 e. The summed E-state index contributed by atoms with van der Waals surface area (Å²) in [5, 5.41) is 6.27. The van der Waals surface area contributed by atoms with Gasteiger partial charge in [-0.05, 0) is 29.3 Å². The third-order valence-corrected chi connectivity index (χ3v) is 5.62. The van der Waals surface area contributed by atoms with E-state index in [1.165, 1.54) is 0 Å². The number of rotatable bonds is 6. The number of amides is 1. The van der Waals surface area contributed by atoms with E-state index < -0.39 is 10.8 Å². The summed E-state index contributed by atoms with van der Waals surface area (Å²) in [6, 6.07) is 14.0. The van der Waals surface area contributed by atoms with E-state index in [4.69, 9.17) is 4.42 Å². The molecule has 5 heteroatoms. The lowest BCUT2D eigenvalue weighted by Crippen LogP contribution is -2.28. The lowest BCUT2D eigenvalue weighted by atomic mass is 10.1. The zero-order valence-electron chi connectivity index (χ0n) is 13.9. The van der Waals surface area contributed by atoms with Crippen LogP contribution in [0.3, 0.4) is 0 Å². The van der Waals surface area contributed by atoms with Crippen LogP contribution in [0, 0.1) is 0 Å². The van der Waals surface area contributed by atoms with E-state index in [0.717, 1.165) is 21.7 Å². The molecule has 0 fully saturated rings. The lowest BCUT2D eigenvalue weighted by molar-refractivity contribution is -0.120. The Morgan fingerprint density at radius 3 is 2.79 bits per heavy atom. The second-order valence-corrected chi connectivity index (χ2v) is 7.84. The van der Waals surface area contributed by atoms with Gasteiger partial charge in [-0.1, -0.05) is 37.3 Å².